The minimum absolute atomic E-state index is 0.0582. The van der Waals surface area contributed by atoms with E-state index in [-0.39, 0.29) is 11.5 Å². The zero-order valence-electron chi connectivity index (χ0n) is 17.0. The van der Waals surface area contributed by atoms with Gasteiger partial charge in [0.15, 0.2) is 5.78 Å². The van der Waals surface area contributed by atoms with Crippen LogP contribution in [-0.4, -0.2) is 18.1 Å². The highest BCUT2D eigenvalue weighted by atomic mass is 32.2. The maximum atomic E-state index is 13.2. The van der Waals surface area contributed by atoms with Crippen molar-refractivity contribution in [1.29, 1.82) is 5.26 Å². The Hall–Kier alpha value is -3.25. The van der Waals surface area contributed by atoms with Gasteiger partial charge in [-0.25, -0.2) is 4.79 Å². The number of halogens is 3. The zero-order valence-corrected chi connectivity index (χ0v) is 17.8. The number of rotatable bonds is 3. The number of alkyl halides is 3. The van der Waals surface area contributed by atoms with Crippen LogP contribution in [0.25, 0.3) is 0 Å². The van der Waals surface area contributed by atoms with Crippen molar-refractivity contribution in [3.05, 3.63) is 70.4 Å². The van der Waals surface area contributed by atoms with Gasteiger partial charge in [0.2, 0.25) is 0 Å². The second-order valence-electron chi connectivity index (χ2n) is 7.47. The first-order valence-electron chi connectivity index (χ1n) is 9.86. The quantitative estimate of drug-likeness (QED) is 0.611. The van der Waals surface area contributed by atoms with E-state index >= 15 is 0 Å². The van der Waals surface area contributed by atoms with Gasteiger partial charge in [0, 0.05) is 22.6 Å². The van der Waals surface area contributed by atoms with Gasteiger partial charge in [-0.15, -0.1) is 11.8 Å². The van der Waals surface area contributed by atoms with Crippen LogP contribution in [0.4, 0.5) is 23.7 Å². The molecule has 9 heteroatoms. The molecule has 2 amide bonds. The molecule has 2 aromatic rings. The minimum atomic E-state index is -4.56. The lowest BCUT2D eigenvalue weighted by Gasteiger charge is -2.39. The highest BCUT2D eigenvalue weighted by molar-refractivity contribution is 7.98. The molecule has 164 valence electrons. The molecule has 0 saturated carbocycles. The van der Waals surface area contributed by atoms with E-state index < -0.39 is 23.8 Å². The number of hydrogen-bond acceptors (Lipinski definition) is 4. The normalized spacial score (nSPS) is 18.8. The third-order valence-electron chi connectivity index (χ3n) is 5.56. The van der Waals surface area contributed by atoms with Gasteiger partial charge >= 0.3 is 12.2 Å². The van der Waals surface area contributed by atoms with Crippen LogP contribution in [0.2, 0.25) is 0 Å². The summed E-state index contributed by atoms with van der Waals surface area (Å²) in [6.45, 7) is 0. The Morgan fingerprint density at radius 1 is 1.16 bits per heavy atom. The summed E-state index contributed by atoms with van der Waals surface area (Å²) in [6.07, 6.45) is -1.52. The number of benzene rings is 2. The number of ketones is 1. The lowest BCUT2D eigenvalue weighted by molar-refractivity contribution is -0.137. The Morgan fingerprint density at radius 3 is 2.62 bits per heavy atom. The van der Waals surface area contributed by atoms with Crippen molar-refractivity contribution < 1.29 is 22.8 Å². The summed E-state index contributed by atoms with van der Waals surface area (Å²) in [5.74, 6) is -0.148. The van der Waals surface area contributed by atoms with Crippen LogP contribution in [0.3, 0.4) is 0 Å². The van der Waals surface area contributed by atoms with Crippen molar-refractivity contribution in [3.8, 4) is 6.07 Å². The number of nitrogens with one attached hydrogen (secondary N) is 1. The molecule has 1 aliphatic carbocycles. The van der Waals surface area contributed by atoms with Crippen molar-refractivity contribution in [1.82, 2.24) is 5.32 Å². The summed E-state index contributed by atoms with van der Waals surface area (Å²) in [7, 11) is 0. The van der Waals surface area contributed by atoms with Crippen molar-refractivity contribution >= 4 is 29.3 Å². The van der Waals surface area contributed by atoms with Gasteiger partial charge in [0.25, 0.3) is 0 Å². The van der Waals surface area contributed by atoms with Crippen molar-refractivity contribution in [3.63, 3.8) is 0 Å². The number of carbonyl (C=O) groups is 2. The molecule has 1 N–H and O–H groups in total. The first-order valence-corrected chi connectivity index (χ1v) is 11.1. The molecule has 4 rings (SSSR count). The van der Waals surface area contributed by atoms with Gasteiger partial charge in [-0.2, -0.15) is 18.4 Å². The van der Waals surface area contributed by atoms with E-state index in [2.05, 4.69) is 11.4 Å². The monoisotopic (exact) mass is 457 g/mol. The number of carbonyl (C=O) groups excluding carboxylic acids is 2. The van der Waals surface area contributed by atoms with E-state index in [1.165, 1.54) is 28.8 Å². The highest BCUT2D eigenvalue weighted by Crippen LogP contribution is 2.42. The number of Topliss-reactive ketones (excluding diaryl/α,β-unsaturated/α-hetero) is 1. The van der Waals surface area contributed by atoms with Crippen LogP contribution in [-0.2, 0) is 11.0 Å². The first kappa shape index (κ1) is 22.0. The van der Waals surface area contributed by atoms with E-state index in [0.717, 1.165) is 17.0 Å². The summed E-state index contributed by atoms with van der Waals surface area (Å²) in [6, 6.07) is 10.3. The minimum Gasteiger partial charge on any atom is -0.326 e. The van der Waals surface area contributed by atoms with Crippen LogP contribution in [0.1, 0.15) is 42.0 Å². The second-order valence-corrected chi connectivity index (χ2v) is 8.32. The predicted molar refractivity (Wildman–Crippen MR) is 114 cm³/mol. The fourth-order valence-electron chi connectivity index (χ4n) is 4.14. The van der Waals surface area contributed by atoms with E-state index in [1.807, 2.05) is 6.26 Å². The standard InChI is InChI=1S/C23H18F3N3O2S/c1-32-19-10-13(12-27)8-9-16(19)21-20-17(6-3-7-18(20)30)29(22(31)28-21)15-5-2-4-14(11-15)23(24,25)26/h2,4-5,8-11,21H,3,6-7H2,1H3,(H,28,31)/t21-/m1/s1. The number of nitrogens with zero attached hydrogens (tertiary/aromatic N) is 2. The van der Waals surface area contributed by atoms with Gasteiger partial charge in [-0.1, -0.05) is 12.1 Å². The Kier molecular flexibility index (Phi) is 5.73. The molecule has 1 aliphatic heterocycles. The van der Waals surface area contributed by atoms with Crippen molar-refractivity contribution in [2.45, 2.75) is 36.4 Å². The summed E-state index contributed by atoms with van der Waals surface area (Å²) in [4.78, 5) is 28.0. The number of thioether (sulfide) groups is 1. The third kappa shape index (κ3) is 3.86. The Bertz CT molecular complexity index is 1180. The summed E-state index contributed by atoms with van der Waals surface area (Å²) >= 11 is 1.39. The van der Waals surface area contributed by atoms with Gasteiger partial charge in [-0.05, 0) is 55.0 Å². The molecule has 0 unspecified atom stereocenters. The maximum absolute atomic E-state index is 13.2. The van der Waals surface area contributed by atoms with E-state index in [9.17, 15) is 28.0 Å². The van der Waals surface area contributed by atoms with E-state index in [1.54, 1.807) is 18.2 Å². The van der Waals surface area contributed by atoms with Crippen molar-refractivity contribution in [2.75, 3.05) is 11.2 Å². The first-order chi connectivity index (χ1) is 15.2. The lowest BCUT2D eigenvalue weighted by atomic mass is 9.84. The average molecular weight is 457 g/mol. The molecule has 2 aromatic carbocycles. The summed E-state index contributed by atoms with van der Waals surface area (Å²) in [5, 5.41) is 12.0. The second kappa shape index (κ2) is 8.36. The van der Waals surface area contributed by atoms with Crippen LogP contribution < -0.4 is 10.2 Å². The van der Waals surface area contributed by atoms with Crippen LogP contribution >= 0.6 is 11.8 Å². The molecule has 0 spiro atoms. The number of nitriles is 1. The number of amides is 2. The molecule has 32 heavy (non-hydrogen) atoms. The fraction of sp³-hybridized carbons (Fsp3) is 0.261. The Balaban J connectivity index is 1.87. The molecule has 0 saturated heterocycles. The Labute approximate surface area is 186 Å². The molecule has 1 atom stereocenters. The molecule has 0 fully saturated rings. The van der Waals surface area contributed by atoms with Crippen LogP contribution in [0, 0.1) is 11.3 Å². The van der Waals surface area contributed by atoms with Crippen LogP contribution in [0.5, 0.6) is 0 Å². The SMILES string of the molecule is CSc1cc(C#N)ccc1[C@H]1NC(=O)N(c2cccc(C(F)(F)F)c2)C2=C1C(=O)CCC2. The largest absolute Gasteiger partial charge is 0.416 e. The third-order valence-corrected chi connectivity index (χ3v) is 6.36. The van der Waals surface area contributed by atoms with E-state index in [4.69, 9.17) is 0 Å². The van der Waals surface area contributed by atoms with Crippen molar-refractivity contribution in [2.24, 2.45) is 0 Å². The molecule has 0 radical (unpaired) electrons. The van der Waals surface area contributed by atoms with Gasteiger partial charge < -0.3 is 5.32 Å². The summed E-state index contributed by atoms with van der Waals surface area (Å²) in [5.41, 5.74) is 1.12. The molecular weight excluding hydrogens is 439 g/mol. The van der Waals surface area contributed by atoms with Gasteiger partial charge in [0.05, 0.1) is 28.9 Å². The smallest absolute Gasteiger partial charge is 0.326 e. The number of hydrogen-bond donors (Lipinski definition) is 1. The number of urea groups is 1. The molecule has 0 bridgehead atoms. The molecule has 5 nitrogen and oxygen atoms in total. The zero-order chi connectivity index (χ0) is 23.0. The lowest BCUT2D eigenvalue weighted by Crippen LogP contribution is -2.49. The van der Waals surface area contributed by atoms with Gasteiger partial charge in [0.1, 0.15) is 0 Å². The number of allylic oxidation sites excluding steroid dienone is 1. The predicted octanol–water partition coefficient (Wildman–Crippen LogP) is 5.58. The molecule has 2 aliphatic rings. The summed E-state index contributed by atoms with van der Waals surface area (Å²) < 4.78 is 39.7. The molecule has 0 aromatic heterocycles. The maximum Gasteiger partial charge on any atom is 0.416 e. The van der Waals surface area contributed by atoms with Crippen LogP contribution in [0.15, 0.2) is 58.6 Å². The molecule has 1 heterocycles. The Morgan fingerprint density at radius 2 is 1.94 bits per heavy atom. The average Bonchev–Trinajstić information content (AvgIpc) is 2.77. The highest BCUT2D eigenvalue weighted by Gasteiger charge is 2.41. The van der Waals surface area contributed by atoms with Gasteiger partial charge in [-0.3, -0.25) is 9.69 Å². The fourth-order valence-corrected chi connectivity index (χ4v) is 4.80. The van der Waals surface area contributed by atoms with E-state index in [0.29, 0.717) is 41.7 Å². The molecular formula is C23H18F3N3O2S. The number of anilines is 1. The topological polar surface area (TPSA) is 73.2 Å².